The van der Waals surface area contributed by atoms with Crippen molar-refractivity contribution in [1.82, 2.24) is 10.3 Å². The van der Waals surface area contributed by atoms with Crippen LogP contribution in [0.15, 0.2) is 23.5 Å². The highest BCUT2D eigenvalue weighted by Crippen LogP contribution is 2.47. The molecule has 1 aromatic heterocycles. The summed E-state index contributed by atoms with van der Waals surface area (Å²) in [4.78, 5) is 16.1. The molecule has 4 N–H and O–H groups in total. The molecule has 2 bridgehead atoms. The summed E-state index contributed by atoms with van der Waals surface area (Å²) in [5.74, 6) is 2.13. The Morgan fingerprint density at radius 2 is 2.29 bits per heavy atom. The van der Waals surface area contributed by atoms with E-state index in [0.717, 1.165) is 18.4 Å². The Bertz CT molecular complexity index is 555. The fourth-order valence-electron chi connectivity index (χ4n) is 3.68. The molecule has 1 amide bonds. The van der Waals surface area contributed by atoms with Gasteiger partial charge in [-0.2, -0.15) is 0 Å². The molecule has 1 heterocycles. The van der Waals surface area contributed by atoms with Gasteiger partial charge in [0, 0.05) is 18.3 Å². The lowest BCUT2D eigenvalue weighted by Crippen LogP contribution is -2.32. The molecule has 2 saturated carbocycles. The number of oxime groups is 1. The van der Waals surface area contributed by atoms with Gasteiger partial charge in [-0.15, -0.1) is 0 Å². The Morgan fingerprint density at radius 1 is 1.43 bits per heavy atom. The van der Waals surface area contributed by atoms with Crippen molar-refractivity contribution in [2.75, 3.05) is 6.54 Å². The largest absolute Gasteiger partial charge is 0.409 e. The van der Waals surface area contributed by atoms with Crippen LogP contribution in [0.3, 0.4) is 0 Å². The van der Waals surface area contributed by atoms with Crippen molar-refractivity contribution in [1.29, 1.82) is 0 Å². The number of nitrogens with zero attached hydrogens (tertiary/aromatic N) is 2. The SMILES string of the molecule is NC(=NO)c1ccc(C(=O)NCC2CC3CCC2C3)nc1. The van der Waals surface area contributed by atoms with Gasteiger partial charge < -0.3 is 16.3 Å². The number of fused-ring (bicyclic) bond motifs is 2. The zero-order valence-electron chi connectivity index (χ0n) is 11.8. The van der Waals surface area contributed by atoms with Crippen LogP contribution in [-0.2, 0) is 0 Å². The number of hydrogen-bond donors (Lipinski definition) is 3. The van der Waals surface area contributed by atoms with Crippen LogP contribution in [0.5, 0.6) is 0 Å². The highest BCUT2D eigenvalue weighted by atomic mass is 16.4. The maximum atomic E-state index is 12.1. The fraction of sp³-hybridized carbons (Fsp3) is 0.533. The molecule has 6 nitrogen and oxygen atoms in total. The van der Waals surface area contributed by atoms with E-state index in [-0.39, 0.29) is 11.7 Å². The van der Waals surface area contributed by atoms with Crippen LogP contribution in [0.2, 0.25) is 0 Å². The summed E-state index contributed by atoms with van der Waals surface area (Å²) in [5.41, 5.74) is 6.30. The van der Waals surface area contributed by atoms with Crippen molar-refractivity contribution in [2.24, 2.45) is 28.6 Å². The molecule has 0 aromatic carbocycles. The first-order chi connectivity index (χ1) is 10.2. The fourth-order valence-corrected chi connectivity index (χ4v) is 3.68. The first-order valence-corrected chi connectivity index (χ1v) is 7.39. The van der Waals surface area contributed by atoms with E-state index in [4.69, 9.17) is 10.9 Å². The number of carbonyl (C=O) groups excluding carboxylic acids is 1. The maximum Gasteiger partial charge on any atom is 0.269 e. The van der Waals surface area contributed by atoms with Crippen molar-refractivity contribution in [2.45, 2.75) is 25.7 Å². The van der Waals surface area contributed by atoms with Crippen molar-refractivity contribution in [3.05, 3.63) is 29.6 Å². The predicted octanol–water partition coefficient (Wildman–Crippen LogP) is 1.34. The van der Waals surface area contributed by atoms with E-state index in [0.29, 0.717) is 17.2 Å². The summed E-state index contributed by atoms with van der Waals surface area (Å²) in [6, 6.07) is 3.21. The van der Waals surface area contributed by atoms with Crippen molar-refractivity contribution in [3.8, 4) is 0 Å². The van der Waals surface area contributed by atoms with Gasteiger partial charge in [-0.05, 0) is 49.1 Å². The molecule has 0 saturated heterocycles. The molecule has 112 valence electrons. The second kappa shape index (κ2) is 5.71. The van der Waals surface area contributed by atoms with Gasteiger partial charge in [0.2, 0.25) is 0 Å². The first kappa shape index (κ1) is 13.9. The number of hydrogen-bond acceptors (Lipinski definition) is 4. The number of pyridine rings is 1. The quantitative estimate of drug-likeness (QED) is 0.337. The maximum absolute atomic E-state index is 12.1. The minimum absolute atomic E-state index is 0.0172. The first-order valence-electron chi connectivity index (χ1n) is 7.39. The lowest BCUT2D eigenvalue weighted by atomic mass is 9.89. The van der Waals surface area contributed by atoms with E-state index in [1.165, 1.54) is 31.9 Å². The highest BCUT2D eigenvalue weighted by molar-refractivity contribution is 5.98. The van der Waals surface area contributed by atoms with E-state index in [9.17, 15) is 4.79 Å². The Morgan fingerprint density at radius 3 is 2.86 bits per heavy atom. The minimum Gasteiger partial charge on any atom is -0.409 e. The van der Waals surface area contributed by atoms with Crippen LogP contribution in [0, 0.1) is 17.8 Å². The highest BCUT2D eigenvalue weighted by Gasteiger charge is 2.39. The van der Waals surface area contributed by atoms with E-state index < -0.39 is 0 Å². The summed E-state index contributed by atoms with van der Waals surface area (Å²) in [5, 5.41) is 14.5. The molecule has 21 heavy (non-hydrogen) atoms. The number of rotatable bonds is 4. The molecule has 0 spiro atoms. The third kappa shape index (κ3) is 2.84. The normalized spacial score (nSPS) is 27.8. The summed E-state index contributed by atoms with van der Waals surface area (Å²) in [6.45, 7) is 0.740. The number of aromatic nitrogens is 1. The van der Waals surface area contributed by atoms with Crippen molar-refractivity contribution < 1.29 is 10.0 Å². The number of carbonyl (C=O) groups is 1. The van der Waals surface area contributed by atoms with Crippen LogP contribution >= 0.6 is 0 Å². The van der Waals surface area contributed by atoms with Gasteiger partial charge in [0.05, 0.1) is 0 Å². The summed E-state index contributed by atoms with van der Waals surface area (Å²) < 4.78 is 0. The lowest BCUT2D eigenvalue weighted by molar-refractivity contribution is 0.0937. The Balaban J connectivity index is 1.55. The Labute approximate surface area is 123 Å². The topological polar surface area (TPSA) is 101 Å². The van der Waals surface area contributed by atoms with E-state index in [1.54, 1.807) is 12.1 Å². The van der Waals surface area contributed by atoms with E-state index in [1.807, 2.05) is 0 Å². The number of amides is 1. The van der Waals surface area contributed by atoms with Gasteiger partial charge in [-0.1, -0.05) is 11.6 Å². The third-order valence-electron chi connectivity index (χ3n) is 4.81. The monoisotopic (exact) mass is 288 g/mol. The van der Waals surface area contributed by atoms with Crippen LogP contribution < -0.4 is 11.1 Å². The lowest BCUT2D eigenvalue weighted by Gasteiger charge is -2.21. The molecule has 6 heteroatoms. The van der Waals surface area contributed by atoms with Gasteiger partial charge in [0.15, 0.2) is 5.84 Å². The van der Waals surface area contributed by atoms with Crippen LogP contribution in [0.4, 0.5) is 0 Å². The van der Waals surface area contributed by atoms with Gasteiger partial charge >= 0.3 is 0 Å². The smallest absolute Gasteiger partial charge is 0.269 e. The molecule has 1 aromatic rings. The zero-order valence-corrected chi connectivity index (χ0v) is 11.8. The molecule has 3 rings (SSSR count). The average molecular weight is 288 g/mol. The molecule has 2 aliphatic rings. The van der Waals surface area contributed by atoms with Crippen molar-refractivity contribution in [3.63, 3.8) is 0 Å². The van der Waals surface area contributed by atoms with Crippen LogP contribution in [0.25, 0.3) is 0 Å². The number of nitrogens with one attached hydrogen (secondary N) is 1. The Hall–Kier alpha value is -2.11. The number of amidine groups is 1. The van der Waals surface area contributed by atoms with Gasteiger partial charge in [0.25, 0.3) is 5.91 Å². The predicted molar refractivity (Wildman–Crippen MR) is 78.0 cm³/mol. The average Bonchev–Trinajstić information content (AvgIpc) is 3.14. The summed E-state index contributed by atoms with van der Waals surface area (Å²) in [7, 11) is 0. The summed E-state index contributed by atoms with van der Waals surface area (Å²) >= 11 is 0. The van der Waals surface area contributed by atoms with E-state index in [2.05, 4.69) is 15.5 Å². The molecule has 2 fully saturated rings. The minimum atomic E-state index is -0.163. The summed E-state index contributed by atoms with van der Waals surface area (Å²) in [6.07, 6.45) is 6.71. The van der Waals surface area contributed by atoms with E-state index >= 15 is 0 Å². The molecular weight excluding hydrogens is 268 g/mol. The van der Waals surface area contributed by atoms with Crippen LogP contribution in [-0.4, -0.2) is 28.5 Å². The third-order valence-corrected chi connectivity index (χ3v) is 4.81. The molecule has 0 radical (unpaired) electrons. The van der Waals surface area contributed by atoms with Crippen molar-refractivity contribution >= 4 is 11.7 Å². The van der Waals surface area contributed by atoms with Gasteiger partial charge in [-0.3, -0.25) is 9.78 Å². The molecular formula is C15H20N4O2. The van der Waals surface area contributed by atoms with Gasteiger partial charge in [-0.25, -0.2) is 0 Å². The second-order valence-electron chi connectivity index (χ2n) is 6.06. The van der Waals surface area contributed by atoms with Gasteiger partial charge in [0.1, 0.15) is 5.69 Å². The molecule has 3 unspecified atom stereocenters. The Kier molecular flexibility index (Phi) is 3.77. The standard InChI is InChI=1S/C15H20N4O2/c16-14(19-21)11-3-4-13(17-7-11)15(20)18-8-12-6-9-1-2-10(12)5-9/h3-4,7,9-10,12,21H,1-2,5-6,8H2,(H2,16,19)(H,18,20). The zero-order chi connectivity index (χ0) is 14.8. The molecule has 2 aliphatic carbocycles. The molecule has 3 atom stereocenters. The molecule has 0 aliphatic heterocycles. The second-order valence-corrected chi connectivity index (χ2v) is 6.06. The number of nitrogens with two attached hydrogens (primary N) is 1. The van der Waals surface area contributed by atoms with Crippen LogP contribution in [0.1, 0.15) is 41.7 Å².